The Bertz CT molecular complexity index is 718. The lowest BCUT2D eigenvalue weighted by molar-refractivity contribution is 0.168. The number of hydrogen-bond donors (Lipinski definition) is 3. The van der Waals surface area contributed by atoms with E-state index in [1.807, 2.05) is 0 Å². The van der Waals surface area contributed by atoms with Gasteiger partial charge in [-0.2, -0.15) is 0 Å². The Morgan fingerprint density at radius 2 is 2.12 bits per heavy atom. The van der Waals surface area contributed by atoms with Crippen molar-refractivity contribution >= 4 is 6.03 Å². The van der Waals surface area contributed by atoms with Crippen molar-refractivity contribution in [3.8, 4) is 11.5 Å². The fourth-order valence-corrected chi connectivity index (χ4v) is 2.40. The van der Waals surface area contributed by atoms with Gasteiger partial charge in [0.15, 0.2) is 5.82 Å². The molecule has 3 N–H and O–H groups in total. The van der Waals surface area contributed by atoms with Gasteiger partial charge in [-0.15, -0.1) is 10.2 Å². The molecule has 0 aliphatic heterocycles. The van der Waals surface area contributed by atoms with Crippen LogP contribution in [0.1, 0.15) is 30.5 Å². The Hall–Kier alpha value is -2.81. The van der Waals surface area contributed by atoms with Gasteiger partial charge >= 0.3 is 6.03 Å². The standard InChI is InChI=1S/C16H23N5O4/c1-10(15-20-18-9-21(15)2)19-16(23)17-8-13(22)12-7-11(24-3)5-6-14(12)25-4/h5-7,9-10,13,22H,8H2,1-4H3,(H2,17,19,23)/t10-,13-/m0/s1. The monoisotopic (exact) mass is 349 g/mol. The van der Waals surface area contributed by atoms with Gasteiger partial charge in [0.05, 0.1) is 20.3 Å². The third-order valence-corrected chi connectivity index (χ3v) is 3.73. The predicted octanol–water partition coefficient (Wildman–Crippen LogP) is 0.926. The summed E-state index contributed by atoms with van der Waals surface area (Å²) in [6.45, 7) is 1.81. The summed E-state index contributed by atoms with van der Waals surface area (Å²) in [6.07, 6.45) is 0.616. The van der Waals surface area contributed by atoms with E-state index in [1.165, 1.54) is 14.2 Å². The zero-order valence-corrected chi connectivity index (χ0v) is 14.7. The maximum absolute atomic E-state index is 12.0. The number of carbonyl (C=O) groups is 1. The van der Waals surface area contributed by atoms with Crippen molar-refractivity contribution in [3.05, 3.63) is 35.9 Å². The van der Waals surface area contributed by atoms with E-state index in [2.05, 4.69) is 20.8 Å². The Kier molecular flexibility index (Phi) is 6.18. The van der Waals surface area contributed by atoms with Crippen LogP contribution >= 0.6 is 0 Å². The summed E-state index contributed by atoms with van der Waals surface area (Å²) >= 11 is 0. The molecule has 1 aromatic heterocycles. The topological polar surface area (TPSA) is 111 Å². The van der Waals surface area contributed by atoms with Crippen molar-refractivity contribution < 1.29 is 19.4 Å². The molecule has 9 heteroatoms. The van der Waals surface area contributed by atoms with E-state index in [-0.39, 0.29) is 12.6 Å². The highest BCUT2D eigenvalue weighted by Gasteiger charge is 2.18. The summed E-state index contributed by atoms with van der Waals surface area (Å²) < 4.78 is 12.1. The van der Waals surface area contributed by atoms with E-state index in [0.29, 0.717) is 22.9 Å². The van der Waals surface area contributed by atoms with Crippen molar-refractivity contribution in [2.75, 3.05) is 20.8 Å². The number of carbonyl (C=O) groups excluding carboxylic acids is 1. The van der Waals surface area contributed by atoms with Gasteiger partial charge in [0.2, 0.25) is 0 Å². The number of nitrogens with one attached hydrogen (secondary N) is 2. The summed E-state index contributed by atoms with van der Waals surface area (Å²) in [5.41, 5.74) is 0.531. The molecule has 0 aliphatic carbocycles. The Morgan fingerprint density at radius 1 is 1.36 bits per heavy atom. The number of ether oxygens (including phenoxy) is 2. The lowest BCUT2D eigenvalue weighted by atomic mass is 10.1. The van der Waals surface area contributed by atoms with Crippen molar-refractivity contribution in [1.82, 2.24) is 25.4 Å². The summed E-state index contributed by atoms with van der Waals surface area (Å²) in [5, 5.41) is 23.4. The van der Waals surface area contributed by atoms with E-state index in [0.717, 1.165) is 0 Å². The number of aryl methyl sites for hydroxylation is 1. The predicted molar refractivity (Wildman–Crippen MR) is 90.5 cm³/mol. The number of urea groups is 1. The SMILES string of the molecule is COc1ccc(OC)c([C@@H](O)CNC(=O)N[C@@H](C)c2nncn2C)c1. The Morgan fingerprint density at radius 3 is 2.72 bits per heavy atom. The van der Waals surface area contributed by atoms with Gasteiger partial charge in [-0.05, 0) is 25.1 Å². The summed E-state index contributed by atoms with van der Waals surface area (Å²) in [6, 6.07) is 4.36. The summed E-state index contributed by atoms with van der Waals surface area (Å²) in [4.78, 5) is 12.0. The largest absolute Gasteiger partial charge is 0.497 e. The first kappa shape index (κ1) is 18.5. The molecule has 1 aromatic carbocycles. The van der Waals surface area contributed by atoms with Crippen LogP contribution in [0, 0.1) is 0 Å². The number of methoxy groups -OCH3 is 2. The van der Waals surface area contributed by atoms with E-state index >= 15 is 0 Å². The molecule has 0 aliphatic rings. The minimum Gasteiger partial charge on any atom is -0.497 e. The lowest BCUT2D eigenvalue weighted by Crippen LogP contribution is -2.39. The van der Waals surface area contributed by atoms with E-state index in [9.17, 15) is 9.90 Å². The Labute approximate surface area is 146 Å². The van der Waals surface area contributed by atoms with Gasteiger partial charge in [0.25, 0.3) is 0 Å². The highest BCUT2D eigenvalue weighted by atomic mass is 16.5. The molecule has 0 radical (unpaired) electrons. The molecule has 2 amide bonds. The van der Waals surface area contributed by atoms with Gasteiger partial charge in [-0.3, -0.25) is 0 Å². The molecule has 0 spiro atoms. The second kappa shape index (κ2) is 8.34. The first-order valence-electron chi connectivity index (χ1n) is 7.74. The molecule has 0 saturated heterocycles. The van der Waals surface area contributed by atoms with E-state index in [4.69, 9.17) is 9.47 Å². The molecule has 0 bridgehead atoms. The van der Waals surface area contributed by atoms with Crippen LogP contribution in [0.2, 0.25) is 0 Å². The first-order chi connectivity index (χ1) is 12.0. The number of aliphatic hydroxyl groups is 1. The van der Waals surface area contributed by atoms with Crippen LogP contribution in [0.5, 0.6) is 11.5 Å². The maximum atomic E-state index is 12.0. The highest BCUT2D eigenvalue weighted by molar-refractivity contribution is 5.74. The summed E-state index contributed by atoms with van der Waals surface area (Å²) in [7, 11) is 4.85. The Balaban J connectivity index is 1.94. The van der Waals surface area contributed by atoms with Gasteiger partial charge in [-0.1, -0.05) is 0 Å². The molecule has 136 valence electrons. The molecular weight excluding hydrogens is 326 g/mol. The van der Waals surface area contributed by atoms with Gasteiger partial charge in [-0.25, -0.2) is 4.79 Å². The van der Waals surface area contributed by atoms with Gasteiger partial charge in [0, 0.05) is 19.2 Å². The van der Waals surface area contributed by atoms with Gasteiger partial charge < -0.3 is 29.8 Å². The van der Waals surface area contributed by atoms with E-state index < -0.39 is 12.1 Å². The molecule has 0 fully saturated rings. The third kappa shape index (κ3) is 4.60. The average molecular weight is 349 g/mol. The van der Waals surface area contributed by atoms with Crippen molar-refractivity contribution in [3.63, 3.8) is 0 Å². The average Bonchev–Trinajstić information content (AvgIpc) is 3.05. The first-order valence-corrected chi connectivity index (χ1v) is 7.74. The fraction of sp³-hybridized carbons (Fsp3) is 0.438. The fourth-order valence-electron chi connectivity index (χ4n) is 2.40. The number of nitrogens with zero attached hydrogens (tertiary/aromatic N) is 3. The number of amides is 2. The minimum atomic E-state index is -0.944. The van der Waals surface area contributed by atoms with Crippen LogP contribution < -0.4 is 20.1 Å². The molecule has 9 nitrogen and oxygen atoms in total. The molecule has 2 aromatic rings. The van der Waals surface area contributed by atoms with Crippen LogP contribution in [0.3, 0.4) is 0 Å². The maximum Gasteiger partial charge on any atom is 0.315 e. The molecule has 0 unspecified atom stereocenters. The molecule has 1 heterocycles. The van der Waals surface area contributed by atoms with Crippen molar-refractivity contribution in [2.45, 2.75) is 19.1 Å². The van der Waals surface area contributed by atoms with Crippen LogP contribution in [-0.2, 0) is 7.05 Å². The second-order valence-electron chi connectivity index (χ2n) is 5.50. The highest BCUT2D eigenvalue weighted by Crippen LogP contribution is 2.29. The van der Waals surface area contributed by atoms with Crippen molar-refractivity contribution in [1.29, 1.82) is 0 Å². The number of hydrogen-bond acceptors (Lipinski definition) is 6. The van der Waals surface area contributed by atoms with Crippen LogP contribution in [0.4, 0.5) is 4.79 Å². The zero-order chi connectivity index (χ0) is 18.4. The number of rotatable bonds is 7. The lowest BCUT2D eigenvalue weighted by Gasteiger charge is -2.18. The minimum absolute atomic E-state index is 0.0148. The molecule has 25 heavy (non-hydrogen) atoms. The third-order valence-electron chi connectivity index (χ3n) is 3.73. The molecule has 2 rings (SSSR count). The summed E-state index contributed by atoms with van der Waals surface area (Å²) in [5.74, 6) is 1.74. The van der Waals surface area contributed by atoms with Crippen molar-refractivity contribution in [2.24, 2.45) is 7.05 Å². The molecule has 0 saturated carbocycles. The van der Waals surface area contributed by atoms with Crippen LogP contribution in [0.15, 0.2) is 24.5 Å². The second-order valence-corrected chi connectivity index (χ2v) is 5.50. The molecule has 2 atom stereocenters. The van der Waals surface area contributed by atoms with Crippen LogP contribution in [-0.4, -0.2) is 46.7 Å². The smallest absolute Gasteiger partial charge is 0.315 e. The molecular formula is C16H23N5O4. The van der Waals surface area contributed by atoms with E-state index in [1.54, 1.807) is 43.1 Å². The number of aromatic nitrogens is 3. The normalized spacial score (nSPS) is 13.0. The number of benzene rings is 1. The quantitative estimate of drug-likeness (QED) is 0.686. The van der Waals surface area contributed by atoms with Crippen LogP contribution in [0.25, 0.3) is 0 Å². The zero-order valence-electron chi connectivity index (χ0n) is 14.7. The number of aliphatic hydroxyl groups excluding tert-OH is 1. The van der Waals surface area contributed by atoms with Gasteiger partial charge in [0.1, 0.15) is 23.9 Å².